The van der Waals surface area contributed by atoms with Crippen LogP contribution in [0.15, 0.2) is 72.8 Å². The van der Waals surface area contributed by atoms with E-state index in [0.717, 1.165) is 16.9 Å². The molecule has 0 unspecified atom stereocenters. The van der Waals surface area contributed by atoms with Crippen LogP contribution in [0.1, 0.15) is 36.5 Å². The molecule has 9 heteroatoms. The average Bonchev–Trinajstić information content (AvgIpc) is 2.87. The fourth-order valence-corrected chi connectivity index (χ4v) is 3.59. The third-order valence-electron chi connectivity index (χ3n) is 5.57. The summed E-state index contributed by atoms with van der Waals surface area (Å²) >= 11 is 0. The Morgan fingerprint density at radius 3 is 2.38 bits per heavy atom. The Kier molecular flexibility index (Phi) is 11.0. The lowest BCUT2D eigenvalue weighted by Gasteiger charge is -2.25. The van der Waals surface area contributed by atoms with E-state index in [-0.39, 0.29) is 37.3 Å². The minimum absolute atomic E-state index is 0. The molecule has 0 spiro atoms. The van der Waals surface area contributed by atoms with Gasteiger partial charge in [0.05, 0.1) is 13.7 Å². The summed E-state index contributed by atoms with van der Waals surface area (Å²) in [4.78, 5) is 26.3. The van der Waals surface area contributed by atoms with Crippen molar-refractivity contribution in [2.24, 2.45) is 5.73 Å². The van der Waals surface area contributed by atoms with Gasteiger partial charge in [-0.2, -0.15) is 0 Å². The van der Waals surface area contributed by atoms with E-state index in [2.05, 4.69) is 23.9 Å². The molecule has 0 aliphatic heterocycles. The average molecular weight is 525 g/mol. The maximum atomic E-state index is 13.0. The maximum Gasteiger partial charge on any atom is 0.343 e. The molecule has 0 heterocycles. The van der Waals surface area contributed by atoms with Crippen LogP contribution in [0.5, 0.6) is 5.75 Å². The molecule has 0 bridgehead atoms. The molecule has 3 aromatic rings. The lowest BCUT2D eigenvalue weighted by atomic mass is 10.0. The van der Waals surface area contributed by atoms with Crippen LogP contribution in [0.25, 0.3) is 0 Å². The van der Waals surface area contributed by atoms with Gasteiger partial charge in [-0.15, -0.1) is 12.4 Å². The number of benzene rings is 3. The van der Waals surface area contributed by atoms with Gasteiger partial charge in [0.25, 0.3) is 0 Å². The number of nitrogens with zero attached hydrogens (tertiary/aromatic N) is 1. The number of methoxy groups -OCH3 is 1. The summed E-state index contributed by atoms with van der Waals surface area (Å²) in [5, 5.41) is 10.7. The summed E-state index contributed by atoms with van der Waals surface area (Å²) in [5.74, 6) is 0.223. The Hall–Kier alpha value is -4.04. The molecular weight excluding hydrogens is 492 g/mol. The molecule has 0 fully saturated rings. The Labute approximate surface area is 223 Å². The largest absolute Gasteiger partial charge is 0.482 e. The first-order valence-corrected chi connectivity index (χ1v) is 11.6. The number of anilines is 2. The number of nitrogen functional groups attached to an aromatic ring is 1. The van der Waals surface area contributed by atoms with Gasteiger partial charge in [0, 0.05) is 23.5 Å². The SMILES string of the molecule is COC(=O)COc1cccc(CN(CC(=O)Nc2ccc(C(C)C)cc2)c2cccc(C(=N)N)c2)c1.Cl. The number of amidine groups is 1. The van der Waals surface area contributed by atoms with Gasteiger partial charge in [0.1, 0.15) is 11.6 Å². The first kappa shape index (κ1) is 29.2. The van der Waals surface area contributed by atoms with Crippen molar-refractivity contribution in [2.75, 3.05) is 30.5 Å². The predicted octanol–water partition coefficient (Wildman–Crippen LogP) is 4.71. The first-order chi connectivity index (χ1) is 17.2. The summed E-state index contributed by atoms with van der Waals surface area (Å²) in [6, 6.07) is 22.3. The van der Waals surface area contributed by atoms with E-state index >= 15 is 0 Å². The zero-order valence-corrected chi connectivity index (χ0v) is 22.0. The molecule has 0 saturated heterocycles. The van der Waals surface area contributed by atoms with Crippen LogP contribution in [0.2, 0.25) is 0 Å². The highest BCUT2D eigenvalue weighted by Crippen LogP contribution is 2.22. The molecule has 0 saturated carbocycles. The van der Waals surface area contributed by atoms with Crippen molar-refractivity contribution in [1.29, 1.82) is 5.41 Å². The Morgan fingerprint density at radius 1 is 1.03 bits per heavy atom. The van der Waals surface area contributed by atoms with E-state index in [1.807, 2.05) is 53.4 Å². The van der Waals surface area contributed by atoms with Crippen molar-refractivity contribution in [3.05, 3.63) is 89.5 Å². The molecule has 1 amide bonds. The Balaban J connectivity index is 0.00000481. The van der Waals surface area contributed by atoms with Gasteiger partial charge >= 0.3 is 5.97 Å². The highest BCUT2D eigenvalue weighted by atomic mass is 35.5. The van der Waals surface area contributed by atoms with E-state index in [1.54, 1.807) is 24.3 Å². The normalized spacial score (nSPS) is 10.3. The summed E-state index contributed by atoms with van der Waals surface area (Å²) in [6.45, 7) is 4.51. The standard InChI is InChI=1S/C28H32N4O4.ClH/c1-19(2)21-10-12-23(13-11-21)31-26(33)17-32(24-8-5-7-22(15-24)28(29)30)16-20-6-4-9-25(14-20)36-18-27(34)35-3;/h4-15,19H,16-18H2,1-3H3,(H3,29,30)(H,31,33);1H. The molecule has 37 heavy (non-hydrogen) atoms. The van der Waals surface area contributed by atoms with Gasteiger partial charge in [-0.3, -0.25) is 10.2 Å². The van der Waals surface area contributed by atoms with Gasteiger partial charge in [0.15, 0.2) is 6.61 Å². The van der Waals surface area contributed by atoms with Crippen LogP contribution in [-0.2, 0) is 20.9 Å². The van der Waals surface area contributed by atoms with Crippen LogP contribution in [0.3, 0.4) is 0 Å². The second kappa shape index (κ2) is 13.9. The zero-order chi connectivity index (χ0) is 26.1. The van der Waals surface area contributed by atoms with Crippen LogP contribution in [-0.4, -0.2) is 38.0 Å². The second-order valence-corrected chi connectivity index (χ2v) is 8.66. The topological polar surface area (TPSA) is 118 Å². The number of nitrogens with one attached hydrogen (secondary N) is 2. The number of hydrogen-bond acceptors (Lipinski definition) is 6. The third-order valence-corrected chi connectivity index (χ3v) is 5.57. The number of rotatable bonds is 11. The smallest absolute Gasteiger partial charge is 0.343 e. The van der Waals surface area contributed by atoms with Crippen molar-refractivity contribution in [3.63, 3.8) is 0 Å². The number of hydrogen-bond donors (Lipinski definition) is 3. The van der Waals surface area contributed by atoms with Crippen molar-refractivity contribution in [2.45, 2.75) is 26.3 Å². The quantitative estimate of drug-likeness (QED) is 0.190. The van der Waals surface area contributed by atoms with Crippen molar-refractivity contribution >= 4 is 41.5 Å². The number of halogens is 1. The molecule has 8 nitrogen and oxygen atoms in total. The lowest BCUT2D eigenvalue weighted by Crippen LogP contribution is -2.33. The van der Waals surface area contributed by atoms with Gasteiger partial charge in [0.2, 0.25) is 5.91 Å². The number of carbonyl (C=O) groups excluding carboxylic acids is 2. The van der Waals surface area contributed by atoms with Crippen LogP contribution < -0.4 is 20.7 Å². The minimum atomic E-state index is -0.471. The number of carbonyl (C=O) groups is 2. The molecular formula is C28H33ClN4O4. The van der Waals surface area contributed by atoms with E-state index < -0.39 is 5.97 Å². The number of nitrogens with two attached hydrogens (primary N) is 1. The van der Waals surface area contributed by atoms with Crippen molar-refractivity contribution in [1.82, 2.24) is 0 Å². The minimum Gasteiger partial charge on any atom is -0.482 e. The zero-order valence-electron chi connectivity index (χ0n) is 21.2. The van der Waals surface area contributed by atoms with E-state index in [1.165, 1.54) is 12.7 Å². The van der Waals surface area contributed by atoms with E-state index in [9.17, 15) is 9.59 Å². The fraction of sp³-hybridized carbons (Fsp3) is 0.250. The monoisotopic (exact) mass is 524 g/mol. The molecule has 0 aliphatic carbocycles. The molecule has 0 aromatic heterocycles. The summed E-state index contributed by atoms with van der Waals surface area (Å²) < 4.78 is 10.1. The Morgan fingerprint density at radius 2 is 1.73 bits per heavy atom. The highest BCUT2D eigenvalue weighted by molar-refractivity contribution is 5.97. The van der Waals surface area contributed by atoms with Crippen molar-refractivity contribution in [3.8, 4) is 5.75 Å². The van der Waals surface area contributed by atoms with Crippen LogP contribution >= 0.6 is 12.4 Å². The summed E-state index contributed by atoms with van der Waals surface area (Å²) in [6.07, 6.45) is 0. The van der Waals surface area contributed by atoms with Gasteiger partial charge in [-0.1, -0.05) is 50.2 Å². The molecule has 4 N–H and O–H groups in total. The van der Waals surface area contributed by atoms with Crippen molar-refractivity contribution < 1.29 is 19.1 Å². The summed E-state index contributed by atoms with van der Waals surface area (Å²) in [7, 11) is 1.30. The first-order valence-electron chi connectivity index (χ1n) is 11.6. The molecule has 0 radical (unpaired) electrons. The maximum absolute atomic E-state index is 13.0. The number of ether oxygens (including phenoxy) is 2. The van der Waals surface area contributed by atoms with Gasteiger partial charge in [-0.25, -0.2) is 4.79 Å². The highest BCUT2D eigenvalue weighted by Gasteiger charge is 2.15. The fourth-order valence-electron chi connectivity index (χ4n) is 3.59. The Bertz CT molecular complexity index is 1210. The molecule has 3 aromatic carbocycles. The third kappa shape index (κ3) is 8.84. The van der Waals surface area contributed by atoms with Crippen LogP contribution in [0.4, 0.5) is 11.4 Å². The van der Waals surface area contributed by atoms with Gasteiger partial charge in [-0.05, 0) is 53.4 Å². The predicted molar refractivity (Wildman–Crippen MR) is 149 cm³/mol. The molecule has 196 valence electrons. The van der Waals surface area contributed by atoms with E-state index in [4.69, 9.17) is 15.9 Å². The molecule has 0 aliphatic rings. The number of amides is 1. The molecule has 3 rings (SSSR count). The van der Waals surface area contributed by atoms with E-state index in [0.29, 0.717) is 23.8 Å². The van der Waals surface area contributed by atoms with Gasteiger partial charge < -0.3 is 25.4 Å². The second-order valence-electron chi connectivity index (χ2n) is 8.66. The summed E-state index contributed by atoms with van der Waals surface area (Å²) in [5.41, 5.74) is 9.80. The number of esters is 1. The molecule has 0 atom stereocenters. The lowest BCUT2D eigenvalue weighted by molar-refractivity contribution is -0.142. The van der Waals surface area contributed by atoms with Crippen LogP contribution in [0, 0.1) is 5.41 Å².